The number of hydrogen-bond acceptors (Lipinski definition) is 10. The number of nitrogens with zero attached hydrogens (tertiary/aromatic N) is 7. The lowest BCUT2D eigenvalue weighted by atomic mass is 9.90. The maximum atomic E-state index is 13.7. The van der Waals surface area contributed by atoms with Crippen molar-refractivity contribution < 1.29 is 14.6 Å². The van der Waals surface area contributed by atoms with Crippen LogP contribution in [0.1, 0.15) is 12.5 Å². The lowest BCUT2D eigenvalue weighted by molar-refractivity contribution is -0.176. The van der Waals surface area contributed by atoms with Crippen molar-refractivity contribution in [1.82, 2.24) is 39.7 Å². The van der Waals surface area contributed by atoms with E-state index >= 15 is 0 Å². The zero-order valence-electron chi connectivity index (χ0n) is 18.6. The van der Waals surface area contributed by atoms with Crippen LogP contribution in [0.5, 0.6) is 0 Å². The topological polar surface area (TPSA) is 158 Å². The molecule has 6 rings (SSSR count). The van der Waals surface area contributed by atoms with Crippen LogP contribution >= 0.6 is 11.3 Å². The number of carbonyl (C=O) groups is 1. The van der Waals surface area contributed by atoms with Gasteiger partial charge in [0, 0.05) is 11.6 Å². The summed E-state index contributed by atoms with van der Waals surface area (Å²) in [6.45, 7) is 2.14. The van der Waals surface area contributed by atoms with Gasteiger partial charge in [0.15, 0.2) is 21.8 Å². The normalized spacial score (nSPS) is 16.7. The zero-order valence-corrected chi connectivity index (χ0v) is 19.4. The summed E-state index contributed by atoms with van der Waals surface area (Å²) in [7, 11) is 0. The lowest BCUT2D eigenvalue weighted by Crippen LogP contribution is -2.59. The van der Waals surface area contributed by atoms with Crippen LogP contribution in [-0.4, -0.2) is 70.7 Å². The van der Waals surface area contributed by atoms with Crippen LogP contribution in [0.3, 0.4) is 0 Å². The van der Waals surface area contributed by atoms with Crippen LogP contribution in [0.15, 0.2) is 48.1 Å². The fourth-order valence-corrected chi connectivity index (χ4v) is 4.69. The minimum absolute atomic E-state index is 0.0502. The molecule has 12 nitrogen and oxygen atoms in total. The second kappa shape index (κ2) is 7.80. The predicted octanol–water partition coefficient (Wildman–Crippen LogP) is 0.821. The molecule has 1 aliphatic heterocycles. The van der Waals surface area contributed by atoms with Crippen LogP contribution in [0.25, 0.3) is 27.5 Å². The minimum Gasteiger partial charge on any atom is -0.383 e. The Morgan fingerprint density at radius 2 is 2.09 bits per heavy atom. The van der Waals surface area contributed by atoms with Crippen molar-refractivity contribution in [2.24, 2.45) is 0 Å². The monoisotopic (exact) mass is 491 g/mol. The molecule has 4 aromatic heterocycles. The van der Waals surface area contributed by atoms with Crippen LogP contribution < -0.4 is 11.1 Å². The van der Waals surface area contributed by atoms with E-state index in [0.29, 0.717) is 33.1 Å². The summed E-state index contributed by atoms with van der Waals surface area (Å²) in [6.07, 6.45) is 3.27. The number of carbonyl (C=O) groups excluding carboxylic acids is 1. The largest absolute Gasteiger partial charge is 0.383 e. The Labute approximate surface area is 202 Å². The standard InChI is InChI=1S/C22H21N9O3S/c1-21(13-5-3-2-4-6-13,19(32)25-10-22(33)11-34-12-22)31-17-14(9-26-31)16-27-15(18-24-7-8-35-18)29-30(16)20(23)28-17/h2-9,33H,10-12H2,1H3,(H2,23,28)(H,25,32). The first-order chi connectivity index (χ1) is 16.9. The minimum atomic E-state index is -1.31. The fraction of sp³-hybridized carbons (Fsp3) is 0.273. The van der Waals surface area contributed by atoms with E-state index in [-0.39, 0.29) is 31.6 Å². The fourth-order valence-electron chi connectivity index (χ4n) is 4.13. The summed E-state index contributed by atoms with van der Waals surface area (Å²) >= 11 is 1.41. The summed E-state index contributed by atoms with van der Waals surface area (Å²) in [5.74, 6) is 0.161. The summed E-state index contributed by atoms with van der Waals surface area (Å²) in [5.41, 5.74) is 5.39. The van der Waals surface area contributed by atoms with Gasteiger partial charge >= 0.3 is 0 Å². The second-order valence-electron chi connectivity index (χ2n) is 8.61. The van der Waals surface area contributed by atoms with Gasteiger partial charge in [-0.25, -0.2) is 14.6 Å². The molecule has 1 saturated heterocycles. The number of aliphatic hydroxyl groups is 1. The van der Waals surface area contributed by atoms with Gasteiger partial charge in [-0.15, -0.1) is 16.4 Å². The highest BCUT2D eigenvalue weighted by Crippen LogP contribution is 2.32. The number of amides is 1. The summed E-state index contributed by atoms with van der Waals surface area (Å²) in [4.78, 5) is 27.1. The van der Waals surface area contributed by atoms with Crippen LogP contribution in [0.2, 0.25) is 0 Å². The first kappa shape index (κ1) is 21.6. The average molecular weight is 492 g/mol. The third-order valence-corrected chi connectivity index (χ3v) is 6.94. The van der Waals surface area contributed by atoms with Crippen molar-refractivity contribution in [3.63, 3.8) is 0 Å². The highest BCUT2D eigenvalue weighted by molar-refractivity contribution is 7.13. The molecule has 35 heavy (non-hydrogen) atoms. The van der Waals surface area contributed by atoms with Gasteiger partial charge in [0.05, 0.1) is 31.3 Å². The number of hydrogen-bond donors (Lipinski definition) is 3. The summed E-state index contributed by atoms with van der Waals surface area (Å²) in [6, 6.07) is 9.24. The third-order valence-electron chi connectivity index (χ3n) is 6.17. The second-order valence-corrected chi connectivity index (χ2v) is 9.50. The van der Waals surface area contributed by atoms with Gasteiger partial charge in [-0.1, -0.05) is 30.3 Å². The van der Waals surface area contributed by atoms with Crippen LogP contribution in [0.4, 0.5) is 5.95 Å². The van der Waals surface area contributed by atoms with Gasteiger partial charge < -0.3 is 20.9 Å². The molecule has 0 radical (unpaired) electrons. The van der Waals surface area contributed by atoms with Gasteiger partial charge in [-0.3, -0.25) is 4.79 Å². The molecule has 13 heteroatoms. The first-order valence-electron chi connectivity index (χ1n) is 10.8. The van der Waals surface area contributed by atoms with E-state index in [2.05, 4.69) is 30.5 Å². The number of anilines is 1. The molecule has 1 unspecified atom stereocenters. The van der Waals surface area contributed by atoms with Gasteiger partial charge in [-0.05, 0) is 12.5 Å². The number of benzene rings is 1. The molecule has 1 atom stereocenters. The first-order valence-corrected chi connectivity index (χ1v) is 11.7. The Morgan fingerprint density at radius 1 is 1.29 bits per heavy atom. The molecule has 178 valence electrons. The Kier molecular flexibility index (Phi) is 4.81. The number of nitrogens with one attached hydrogen (secondary N) is 1. The van der Waals surface area contributed by atoms with Gasteiger partial charge in [0.25, 0.3) is 5.91 Å². The predicted molar refractivity (Wildman–Crippen MR) is 128 cm³/mol. The van der Waals surface area contributed by atoms with Crippen LogP contribution in [-0.2, 0) is 15.1 Å². The maximum Gasteiger partial charge on any atom is 0.252 e. The average Bonchev–Trinajstić information content (AvgIpc) is 3.60. The number of rotatable bonds is 6. The number of nitrogens with two attached hydrogens (primary N) is 1. The smallest absolute Gasteiger partial charge is 0.252 e. The Bertz CT molecular complexity index is 1540. The number of thiazole rings is 1. The van der Waals surface area contributed by atoms with Crippen molar-refractivity contribution in [1.29, 1.82) is 0 Å². The molecule has 1 amide bonds. The number of aromatic nitrogens is 7. The summed E-state index contributed by atoms with van der Waals surface area (Å²) < 4.78 is 8.06. The summed E-state index contributed by atoms with van der Waals surface area (Å²) in [5, 5.41) is 25.4. The van der Waals surface area contributed by atoms with Crippen LogP contribution in [0, 0.1) is 0 Å². The molecule has 0 spiro atoms. The van der Waals surface area contributed by atoms with Gasteiger partial charge in [-0.2, -0.15) is 14.6 Å². The molecule has 5 aromatic rings. The quantitative estimate of drug-likeness (QED) is 0.313. The Hall–Kier alpha value is -3.94. The number of nitrogen functional groups attached to an aromatic ring is 1. The zero-order chi connectivity index (χ0) is 24.2. The molecule has 0 bridgehead atoms. The van der Waals surface area contributed by atoms with E-state index in [1.807, 2.05) is 35.7 Å². The molecule has 1 fully saturated rings. The number of ether oxygens (including phenoxy) is 1. The number of fused-ring (bicyclic) bond motifs is 3. The molecule has 5 heterocycles. The van der Waals surface area contributed by atoms with E-state index in [1.165, 1.54) is 20.5 Å². The Morgan fingerprint density at radius 3 is 2.77 bits per heavy atom. The Balaban J connectivity index is 1.50. The molecular weight excluding hydrogens is 470 g/mol. The lowest BCUT2D eigenvalue weighted by Gasteiger charge is -2.37. The van der Waals surface area contributed by atoms with Gasteiger partial charge in [0.2, 0.25) is 11.8 Å². The molecule has 4 N–H and O–H groups in total. The van der Waals surface area contributed by atoms with E-state index in [9.17, 15) is 9.90 Å². The van der Waals surface area contributed by atoms with E-state index in [1.54, 1.807) is 19.3 Å². The van der Waals surface area contributed by atoms with E-state index in [4.69, 9.17) is 10.5 Å². The van der Waals surface area contributed by atoms with Crippen molar-refractivity contribution >= 4 is 39.9 Å². The van der Waals surface area contributed by atoms with Crippen molar-refractivity contribution in [2.75, 3.05) is 25.5 Å². The SMILES string of the molecule is CC(C(=O)NCC1(O)COC1)(c1ccccc1)n1ncc2c1nc(N)n1nc(-c3nccs3)nc21. The van der Waals surface area contributed by atoms with Gasteiger partial charge in [0.1, 0.15) is 5.60 Å². The molecule has 0 aliphatic carbocycles. The highest BCUT2D eigenvalue weighted by Gasteiger charge is 2.43. The van der Waals surface area contributed by atoms with Crippen molar-refractivity contribution in [2.45, 2.75) is 18.1 Å². The third kappa shape index (κ3) is 3.35. The van der Waals surface area contributed by atoms with E-state index in [0.717, 1.165) is 0 Å². The van der Waals surface area contributed by atoms with Crippen molar-refractivity contribution in [3.8, 4) is 10.8 Å². The molecular formula is C22H21N9O3S. The molecule has 1 aromatic carbocycles. The molecule has 1 aliphatic rings. The van der Waals surface area contributed by atoms with E-state index < -0.39 is 11.1 Å². The molecule has 0 saturated carbocycles. The maximum absolute atomic E-state index is 13.7. The highest BCUT2D eigenvalue weighted by atomic mass is 32.1. The van der Waals surface area contributed by atoms with Crippen molar-refractivity contribution in [3.05, 3.63) is 53.7 Å².